The number of amides is 1. The van der Waals surface area contributed by atoms with Gasteiger partial charge in [0.15, 0.2) is 0 Å². The number of thiazole rings is 1. The largest absolute Gasteiger partial charge is 0.493 e. The van der Waals surface area contributed by atoms with Gasteiger partial charge in [0.25, 0.3) is 5.91 Å². The number of nitrogens with zero attached hydrogens (tertiary/aromatic N) is 1. The van der Waals surface area contributed by atoms with Gasteiger partial charge in [0.2, 0.25) is 0 Å². The molecule has 0 spiro atoms. The van der Waals surface area contributed by atoms with Gasteiger partial charge >= 0.3 is 0 Å². The normalized spacial score (nSPS) is 10.1. The second kappa shape index (κ2) is 6.86. The molecule has 4 nitrogen and oxygen atoms in total. The van der Waals surface area contributed by atoms with Crippen molar-refractivity contribution < 1.29 is 9.53 Å². The van der Waals surface area contributed by atoms with E-state index in [9.17, 15) is 4.79 Å². The van der Waals surface area contributed by atoms with Crippen LogP contribution in [0.15, 0.2) is 42.3 Å². The highest BCUT2D eigenvalue weighted by molar-refractivity contribution is 7.13. The van der Waals surface area contributed by atoms with Crippen molar-refractivity contribution >= 4 is 17.2 Å². The first kappa shape index (κ1) is 14.3. The van der Waals surface area contributed by atoms with E-state index < -0.39 is 0 Å². The maximum Gasteiger partial charge on any atom is 0.271 e. The smallest absolute Gasteiger partial charge is 0.271 e. The Morgan fingerprint density at radius 1 is 1.50 bits per heavy atom. The SMILES string of the molecule is C=CCNC(=O)c1csc(-c2ccccc2OCC)n1. The third-order valence-corrected chi connectivity index (χ3v) is 3.44. The summed E-state index contributed by atoms with van der Waals surface area (Å²) in [6.07, 6.45) is 1.63. The lowest BCUT2D eigenvalue weighted by atomic mass is 10.2. The Balaban J connectivity index is 2.24. The van der Waals surface area contributed by atoms with Crippen molar-refractivity contribution in [1.82, 2.24) is 10.3 Å². The Labute approximate surface area is 122 Å². The van der Waals surface area contributed by atoms with Crippen LogP contribution in [0, 0.1) is 0 Å². The lowest BCUT2D eigenvalue weighted by Crippen LogP contribution is -2.23. The molecule has 2 aromatic rings. The van der Waals surface area contributed by atoms with Crippen molar-refractivity contribution in [1.29, 1.82) is 0 Å². The number of rotatable bonds is 6. The predicted molar refractivity (Wildman–Crippen MR) is 81.2 cm³/mol. The number of nitrogens with one attached hydrogen (secondary N) is 1. The van der Waals surface area contributed by atoms with E-state index in [2.05, 4.69) is 16.9 Å². The zero-order valence-corrected chi connectivity index (χ0v) is 12.1. The lowest BCUT2D eigenvalue weighted by molar-refractivity contribution is 0.0954. The summed E-state index contributed by atoms with van der Waals surface area (Å²) in [6.45, 7) is 6.52. The first-order valence-corrected chi connectivity index (χ1v) is 7.21. The molecule has 2 rings (SSSR count). The zero-order chi connectivity index (χ0) is 14.4. The highest BCUT2D eigenvalue weighted by Gasteiger charge is 2.13. The highest BCUT2D eigenvalue weighted by atomic mass is 32.1. The molecule has 1 heterocycles. The van der Waals surface area contributed by atoms with Crippen LogP contribution in [0.5, 0.6) is 5.75 Å². The minimum Gasteiger partial charge on any atom is -0.493 e. The van der Waals surface area contributed by atoms with Gasteiger partial charge < -0.3 is 10.1 Å². The Kier molecular flexibility index (Phi) is 4.90. The third kappa shape index (κ3) is 3.24. The molecule has 104 valence electrons. The maximum absolute atomic E-state index is 11.8. The molecule has 0 aliphatic rings. The molecular formula is C15H16N2O2S. The van der Waals surface area contributed by atoms with Crippen LogP contribution in [0.25, 0.3) is 10.6 Å². The van der Waals surface area contributed by atoms with Gasteiger partial charge in [-0.05, 0) is 19.1 Å². The molecule has 0 atom stereocenters. The van der Waals surface area contributed by atoms with E-state index in [0.717, 1.165) is 16.3 Å². The first-order chi connectivity index (χ1) is 9.76. The van der Waals surface area contributed by atoms with Crippen LogP contribution in [-0.4, -0.2) is 24.0 Å². The number of hydrogen-bond donors (Lipinski definition) is 1. The van der Waals surface area contributed by atoms with Crippen molar-refractivity contribution in [3.63, 3.8) is 0 Å². The Morgan fingerprint density at radius 2 is 2.30 bits per heavy atom. The number of carbonyl (C=O) groups excluding carboxylic acids is 1. The molecule has 0 saturated carbocycles. The van der Waals surface area contributed by atoms with Crippen LogP contribution in [0.4, 0.5) is 0 Å². The topological polar surface area (TPSA) is 51.2 Å². The molecule has 1 aromatic heterocycles. The van der Waals surface area contributed by atoms with Gasteiger partial charge in [-0.3, -0.25) is 4.79 Å². The number of para-hydroxylation sites is 1. The minimum absolute atomic E-state index is 0.193. The summed E-state index contributed by atoms with van der Waals surface area (Å²) in [5.41, 5.74) is 1.32. The molecule has 0 saturated heterocycles. The van der Waals surface area contributed by atoms with E-state index in [4.69, 9.17) is 4.74 Å². The van der Waals surface area contributed by atoms with Gasteiger partial charge in [0.05, 0.1) is 12.2 Å². The molecule has 1 amide bonds. The van der Waals surface area contributed by atoms with Crippen LogP contribution >= 0.6 is 11.3 Å². The number of ether oxygens (including phenoxy) is 1. The molecule has 1 aromatic carbocycles. The summed E-state index contributed by atoms with van der Waals surface area (Å²) >= 11 is 1.43. The van der Waals surface area contributed by atoms with Gasteiger partial charge in [-0.1, -0.05) is 18.2 Å². The van der Waals surface area contributed by atoms with E-state index in [-0.39, 0.29) is 5.91 Å². The van der Waals surface area contributed by atoms with Crippen molar-refractivity contribution in [3.8, 4) is 16.3 Å². The van der Waals surface area contributed by atoms with Gasteiger partial charge in [-0.15, -0.1) is 17.9 Å². The van der Waals surface area contributed by atoms with Gasteiger partial charge in [-0.25, -0.2) is 4.98 Å². The molecular weight excluding hydrogens is 272 g/mol. The Morgan fingerprint density at radius 3 is 3.05 bits per heavy atom. The summed E-state index contributed by atoms with van der Waals surface area (Å²) < 4.78 is 5.58. The van der Waals surface area contributed by atoms with Gasteiger partial charge in [-0.2, -0.15) is 0 Å². The van der Waals surface area contributed by atoms with Crippen LogP contribution in [0.3, 0.4) is 0 Å². The van der Waals surface area contributed by atoms with E-state index in [1.807, 2.05) is 31.2 Å². The fraction of sp³-hybridized carbons (Fsp3) is 0.200. The summed E-state index contributed by atoms with van der Waals surface area (Å²) in [6, 6.07) is 7.68. The van der Waals surface area contributed by atoms with Crippen molar-refractivity contribution in [2.45, 2.75) is 6.92 Å². The summed E-state index contributed by atoms with van der Waals surface area (Å²) in [7, 11) is 0. The Bertz CT molecular complexity index is 607. The van der Waals surface area contributed by atoms with Crippen LogP contribution in [0.1, 0.15) is 17.4 Å². The van der Waals surface area contributed by atoms with Gasteiger partial charge in [0, 0.05) is 11.9 Å². The summed E-state index contributed by atoms with van der Waals surface area (Å²) in [5.74, 6) is 0.587. The number of hydrogen-bond acceptors (Lipinski definition) is 4. The standard InChI is InChI=1S/C15H16N2O2S/c1-3-9-16-14(18)12-10-20-15(17-12)11-7-5-6-8-13(11)19-4-2/h3,5-8,10H,1,4,9H2,2H3,(H,16,18). The van der Waals surface area contributed by atoms with E-state index in [1.54, 1.807) is 11.5 Å². The van der Waals surface area contributed by atoms with E-state index in [0.29, 0.717) is 18.8 Å². The molecule has 0 aliphatic carbocycles. The molecule has 0 bridgehead atoms. The minimum atomic E-state index is -0.193. The first-order valence-electron chi connectivity index (χ1n) is 6.33. The van der Waals surface area contributed by atoms with Crippen molar-refractivity contribution in [2.24, 2.45) is 0 Å². The second-order valence-corrected chi connectivity index (χ2v) is 4.82. The average Bonchev–Trinajstić information content (AvgIpc) is 2.95. The van der Waals surface area contributed by atoms with Crippen LogP contribution in [-0.2, 0) is 0 Å². The number of aromatic nitrogens is 1. The van der Waals surface area contributed by atoms with E-state index in [1.165, 1.54) is 11.3 Å². The highest BCUT2D eigenvalue weighted by Crippen LogP contribution is 2.32. The summed E-state index contributed by atoms with van der Waals surface area (Å²) in [4.78, 5) is 16.2. The molecule has 0 fully saturated rings. The molecule has 0 radical (unpaired) electrons. The van der Waals surface area contributed by atoms with Crippen LogP contribution < -0.4 is 10.1 Å². The summed E-state index contributed by atoms with van der Waals surface area (Å²) in [5, 5.41) is 5.23. The van der Waals surface area contributed by atoms with Gasteiger partial charge in [0.1, 0.15) is 16.5 Å². The fourth-order valence-corrected chi connectivity index (χ4v) is 2.51. The van der Waals surface area contributed by atoms with E-state index >= 15 is 0 Å². The second-order valence-electron chi connectivity index (χ2n) is 3.97. The molecule has 1 N–H and O–H groups in total. The zero-order valence-electron chi connectivity index (χ0n) is 11.3. The fourth-order valence-electron chi connectivity index (χ4n) is 1.68. The average molecular weight is 288 g/mol. The maximum atomic E-state index is 11.8. The molecule has 5 heteroatoms. The van der Waals surface area contributed by atoms with Crippen LogP contribution in [0.2, 0.25) is 0 Å². The molecule has 0 unspecified atom stereocenters. The third-order valence-electron chi connectivity index (χ3n) is 2.56. The predicted octanol–water partition coefficient (Wildman–Crippen LogP) is 3.12. The van der Waals surface area contributed by atoms with Crippen molar-refractivity contribution in [2.75, 3.05) is 13.2 Å². The Hall–Kier alpha value is -2.14. The monoisotopic (exact) mass is 288 g/mol. The number of benzene rings is 1. The molecule has 0 aliphatic heterocycles. The van der Waals surface area contributed by atoms with Crippen molar-refractivity contribution in [3.05, 3.63) is 48.0 Å². The quantitative estimate of drug-likeness (QED) is 0.831. The number of carbonyl (C=O) groups is 1. The lowest BCUT2D eigenvalue weighted by Gasteiger charge is -2.07. The molecule has 20 heavy (non-hydrogen) atoms.